The molecular formula is C26H31ClF3N3O5S. The van der Waals surface area contributed by atoms with Gasteiger partial charge in [0, 0.05) is 37.4 Å². The number of ether oxygens (including phenoxy) is 2. The number of hydrogen-bond donors (Lipinski definition) is 2. The predicted molar refractivity (Wildman–Crippen MR) is 143 cm³/mol. The first kappa shape index (κ1) is 32.3. The Labute approximate surface area is 235 Å². The van der Waals surface area contributed by atoms with Crippen LogP contribution >= 0.6 is 24.2 Å². The lowest BCUT2D eigenvalue weighted by Crippen LogP contribution is -2.46. The Morgan fingerprint density at radius 3 is 2.46 bits per heavy atom. The fourth-order valence-electron chi connectivity index (χ4n) is 3.83. The third kappa shape index (κ3) is 9.04. The number of nitrogens with zero attached hydrogens (tertiary/aromatic N) is 1. The van der Waals surface area contributed by atoms with Crippen molar-refractivity contribution in [3.63, 3.8) is 0 Å². The van der Waals surface area contributed by atoms with Crippen LogP contribution in [0.1, 0.15) is 31.4 Å². The fourth-order valence-corrected chi connectivity index (χ4v) is 5.00. The number of carbonyl (C=O) groups is 3. The minimum atomic E-state index is -1.30. The summed E-state index contributed by atoms with van der Waals surface area (Å²) in [5.74, 6) is -3.60. The Morgan fingerprint density at radius 1 is 1.13 bits per heavy atom. The molecule has 3 rings (SSSR count). The van der Waals surface area contributed by atoms with Gasteiger partial charge in [0.2, 0.25) is 5.91 Å². The molecule has 13 heteroatoms. The number of esters is 1. The lowest BCUT2D eigenvalue weighted by Gasteiger charge is -2.24. The molecule has 0 bridgehead atoms. The number of rotatable bonds is 11. The molecule has 0 aliphatic carbocycles. The van der Waals surface area contributed by atoms with Crippen LogP contribution in [0.15, 0.2) is 36.4 Å². The number of benzene rings is 2. The normalized spacial score (nSPS) is 16.2. The van der Waals surface area contributed by atoms with E-state index in [2.05, 4.69) is 5.32 Å². The SMILES string of the molecule is CCOC(=O)C(C)Oc1ccc(CNC(=O)C2SCCN2C(=O)C[C@H](N)Cc2cc(F)c(F)cc2F)cc1.Cl. The molecule has 1 heterocycles. The van der Waals surface area contributed by atoms with Crippen LogP contribution in [0.5, 0.6) is 5.75 Å². The summed E-state index contributed by atoms with van der Waals surface area (Å²) >= 11 is 1.31. The summed E-state index contributed by atoms with van der Waals surface area (Å²) in [6.07, 6.45) is -1.10. The van der Waals surface area contributed by atoms with E-state index in [-0.39, 0.29) is 55.8 Å². The minimum Gasteiger partial charge on any atom is -0.479 e. The Kier molecular flexibility index (Phi) is 12.4. The molecule has 0 aromatic heterocycles. The summed E-state index contributed by atoms with van der Waals surface area (Å²) in [6, 6.07) is 7.17. The second-order valence-corrected chi connectivity index (χ2v) is 9.90. The Bertz CT molecular complexity index is 1160. The quantitative estimate of drug-likeness (QED) is 0.305. The number of hydrogen-bond acceptors (Lipinski definition) is 7. The molecule has 1 aliphatic heterocycles. The molecule has 0 spiro atoms. The van der Waals surface area contributed by atoms with Gasteiger partial charge in [-0.15, -0.1) is 24.2 Å². The van der Waals surface area contributed by atoms with E-state index in [1.165, 1.54) is 16.7 Å². The smallest absolute Gasteiger partial charge is 0.347 e. The van der Waals surface area contributed by atoms with Crippen molar-refractivity contribution >= 4 is 42.0 Å². The number of carbonyl (C=O) groups excluding carboxylic acids is 3. The summed E-state index contributed by atoms with van der Waals surface area (Å²) < 4.78 is 51.0. The molecule has 2 amide bonds. The summed E-state index contributed by atoms with van der Waals surface area (Å²) in [5, 5.41) is 2.06. The van der Waals surface area contributed by atoms with Gasteiger partial charge in [-0.2, -0.15) is 0 Å². The molecule has 39 heavy (non-hydrogen) atoms. The Hall–Kier alpha value is -2.96. The first-order valence-electron chi connectivity index (χ1n) is 12.1. The average molecular weight is 590 g/mol. The first-order valence-corrected chi connectivity index (χ1v) is 13.1. The maximum Gasteiger partial charge on any atom is 0.347 e. The van der Waals surface area contributed by atoms with Crippen LogP contribution in [0.2, 0.25) is 0 Å². The standard InChI is InChI=1S/C26H30F3N3O5S.ClH/c1-3-36-26(35)15(2)37-19-6-4-16(5-7-19)14-31-24(34)25-32(8-9-38-25)23(33)12-18(30)10-17-11-21(28)22(29)13-20(17)27;/h4-7,11,13,15,18,25H,3,8-10,12,14,30H2,1-2H3,(H,31,34);1H/t15?,18-,25?;/m1./s1. The van der Waals surface area contributed by atoms with E-state index in [4.69, 9.17) is 15.2 Å². The van der Waals surface area contributed by atoms with Crippen LogP contribution in [0.4, 0.5) is 13.2 Å². The molecule has 2 aromatic rings. The van der Waals surface area contributed by atoms with Crippen molar-refractivity contribution in [3.05, 3.63) is 65.0 Å². The van der Waals surface area contributed by atoms with Crippen LogP contribution in [0, 0.1) is 17.5 Å². The maximum absolute atomic E-state index is 13.9. The third-order valence-electron chi connectivity index (χ3n) is 5.77. The van der Waals surface area contributed by atoms with Gasteiger partial charge >= 0.3 is 5.97 Å². The minimum absolute atomic E-state index is 0. The van der Waals surface area contributed by atoms with E-state index in [0.717, 1.165) is 11.6 Å². The monoisotopic (exact) mass is 589 g/mol. The molecule has 8 nitrogen and oxygen atoms in total. The maximum atomic E-state index is 13.9. The van der Waals surface area contributed by atoms with Gasteiger partial charge in [-0.05, 0) is 49.6 Å². The first-order chi connectivity index (χ1) is 18.1. The summed E-state index contributed by atoms with van der Waals surface area (Å²) in [4.78, 5) is 38.8. The van der Waals surface area contributed by atoms with Gasteiger partial charge in [-0.25, -0.2) is 18.0 Å². The van der Waals surface area contributed by atoms with Gasteiger partial charge in [-0.1, -0.05) is 12.1 Å². The molecule has 3 atom stereocenters. The van der Waals surface area contributed by atoms with Crippen LogP contribution in [-0.4, -0.2) is 59.1 Å². The highest BCUT2D eigenvalue weighted by molar-refractivity contribution is 8.00. The van der Waals surface area contributed by atoms with Crippen molar-refractivity contribution in [1.82, 2.24) is 10.2 Å². The highest BCUT2D eigenvalue weighted by Gasteiger charge is 2.35. The molecule has 0 saturated carbocycles. The van der Waals surface area contributed by atoms with Crippen molar-refractivity contribution in [3.8, 4) is 5.75 Å². The van der Waals surface area contributed by atoms with Crippen molar-refractivity contribution in [2.24, 2.45) is 5.73 Å². The van der Waals surface area contributed by atoms with Crippen molar-refractivity contribution in [2.75, 3.05) is 18.9 Å². The van der Waals surface area contributed by atoms with E-state index in [9.17, 15) is 27.6 Å². The molecule has 3 N–H and O–H groups in total. The average Bonchev–Trinajstić information content (AvgIpc) is 3.37. The number of halogens is 4. The Morgan fingerprint density at radius 2 is 1.79 bits per heavy atom. The lowest BCUT2D eigenvalue weighted by molar-refractivity contribution is -0.150. The largest absolute Gasteiger partial charge is 0.479 e. The fraction of sp³-hybridized carbons (Fsp3) is 0.423. The summed E-state index contributed by atoms with van der Waals surface area (Å²) in [7, 11) is 0. The molecule has 2 unspecified atom stereocenters. The van der Waals surface area contributed by atoms with Crippen LogP contribution in [0.25, 0.3) is 0 Å². The zero-order valence-corrected chi connectivity index (χ0v) is 23.1. The van der Waals surface area contributed by atoms with Crippen molar-refractivity contribution in [2.45, 2.75) is 50.8 Å². The number of nitrogens with one attached hydrogen (secondary N) is 1. The summed E-state index contributed by atoms with van der Waals surface area (Å²) in [6.45, 7) is 4.12. The topological polar surface area (TPSA) is 111 Å². The van der Waals surface area contributed by atoms with Gasteiger partial charge in [0.05, 0.1) is 6.61 Å². The van der Waals surface area contributed by atoms with Crippen molar-refractivity contribution in [1.29, 1.82) is 0 Å². The molecule has 214 valence electrons. The van der Waals surface area contributed by atoms with Crippen LogP contribution in [-0.2, 0) is 32.1 Å². The van der Waals surface area contributed by atoms with E-state index in [1.54, 1.807) is 38.1 Å². The number of thioether (sulfide) groups is 1. The second kappa shape index (κ2) is 15.0. The van der Waals surface area contributed by atoms with Crippen LogP contribution < -0.4 is 15.8 Å². The lowest BCUT2D eigenvalue weighted by atomic mass is 10.0. The zero-order valence-electron chi connectivity index (χ0n) is 21.5. The highest BCUT2D eigenvalue weighted by Crippen LogP contribution is 2.25. The predicted octanol–water partition coefficient (Wildman–Crippen LogP) is 3.33. The van der Waals surface area contributed by atoms with E-state index in [0.29, 0.717) is 24.1 Å². The van der Waals surface area contributed by atoms with Crippen LogP contribution in [0.3, 0.4) is 0 Å². The zero-order chi connectivity index (χ0) is 27.8. The summed E-state index contributed by atoms with van der Waals surface area (Å²) in [5.41, 5.74) is 6.65. The van der Waals surface area contributed by atoms with Gasteiger partial charge in [0.25, 0.3) is 5.91 Å². The molecule has 1 aliphatic rings. The highest BCUT2D eigenvalue weighted by atomic mass is 35.5. The molecule has 0 radical (unpaired) electrons. The van der Waals surface area contributed by atoms with Crippen molar-refractivity contribution < 1.29 is 37.0 Å². The van der Waals surface area contributed by atoms with Gasteiger partial charge < -0.3 is 25.4 Å². The second-order valence-electron chi connectivity index (χ2n) is 8.71. The number of amides is 2. The van der Waals surface area contributed by atoms with E-state index in [1.807, 2.05) is 0 Å². The molecule has 2 aromatic carbocycles. The Balaban J connectivity index is 0.00000533. The molecule has 1 fully saturated rings. The number of nitrogens with two attached hydrogens (primary N) is 1. The van der Waals surface area contributed by atoms with Gasteiger partial charge in [0.15, 0.2) is 23.1 Å². The van der Waals surface area contributed by atoms with E-state index >= 15 is 0 Å². The molecular weight excluding hydrogens is 559 g/mol. The van der Waals surface area contributed by atoms with E-state index < -0.39 is 40.9 Å². The van der Waals surface area contributed by atoms with Gasteiger partial charge in [-0.3, -0.25) is 9.59 Å². The molecule has 1 saturated heterocycles. The third-order valence-corrected chi connectivity index (χ3v) is 6.97. The van der Waals surface area contributed by atoms with Gasteiger partial charge in [0.1, 0.15) is 11.6 Å².